The molecule has 0 aromatic heterocycles. The SMILES string of the molecule is CCN(Cc1ccc(OC)c(C#N)c1)C1CCNCC1. The van der Waals surface area contributed by atoms with E-state index in [1.165, 1.54) is 18.4 Å². The Morgan fingerprint density at radius 2 is 2.15 bits per heavy atom. The van der Waals surface area contributed by atoms with E-state index in [0.717, 1.165) is 26.2 Å². The summed E-state index contributed by atoms with van der Waals surface area (Å²) in [6, 6.07) is 8.75. The molecule has 0 unspecified atom stereocenters. The van der Waals surface area contributed by atoms with Crippen molar-refractivity contribution in [2.75, 3.05) is 26.7 Å². The first-order valence-corrected chi connectivity index (χ1v) is 7.30. The summed E-state index contributed by atoms with van der Waals surface area (Å²) in [7, 11) is 1.60. The Kier molecular flexibility index (Phi) is 5.40. The zero-order valence-corrected chi connectivity index (χ0v) is 12.4. The molecule has 4 heteroatoms. The molecular weight excluding hydrogens is 250 g/mol. The minimum absolute atomic E-state index is 0.617. The molecule has 0 amide bonds. The molecule has 0 bridgehead atoms. The van der Waals surface area contributed by atoms with Gasteiger partial charge in [0.2, 0.25) is 0 Å². The van der Waals surface area contributed by atoms with Crippen LogP contribution in [0.15, 0.2) is 18.2 Å². The van der Waals surface area contributed by atoms with Gasteiger partial charge < -0.3 is 10.1 Å². The number of hydrogen-bond donors (Lipinski definition) is 1. The van der Waals surface area contributed by atoms with E-state index in [4.69, 9.17) is 10.00 Å². The Labute approximate surface area is 121 Å². The highest BCUT2D eigenvalue weighted by atomic mass is 16.5. The molecule has 0 atom stereocenters. The smallest absolute Gasteiger partial charge is 0.136 e. The van der Waals surface area contributed by atoms with E-state index in [9.17, 15) is 0 Å². The van der Waals surface area contributed by atoms with Crippen LogP contribution in [0.25, 0.3) is 0 Å². The van der Waals surface area contributed by atoms with E-state index < -0.39 is 0 Å². The van der Waals surface area contributed by atoms with E-state index in [2.05, 4.69) is 29.3 Å². The van der Waals surface area contributed by atoms with Crippen LogP contribution in [0, 0.1) is 11.3 Å². The van der Waals surface area contributed by atoms with Gasteiger partial charge >= 0.3 is 0 Å². The van der Waals surface area contributed by atoms with Gasteiger partial charge in [-0.25, -0.2) is 0 Å². The maximum absolute atomic E-state index is 9.16. The van der Waals surface area contributed by atoms with E-state index in [1.807, 2.05) is 12.1 Å². The fraction of sp³-hybridized carbons (Fsp3) is 0.562. The number of rotatable bonds is 5. The second kappa shape index (κ2) is 7.28. The molecule has 20 heavy (non-hydrogen) atoms. The quantitative estimate of drug-likeness (QED) is 0.893. The minimum atomic E-state index is 0.617. The Hall–Kier alpha value is -1.57. The summed E-state index contributed by atoms with van der Waals surface area (Å²) in [5.74, 6) is 0.654. The maximum atomic E-state index is 9.16. The average molecular weight is 273 g/mol. The number of nitrogens with one attached hydrogen (secondary N) is 1. The van der Waals surface area contributed by atoms with Crippen LogP contribution in [0.4, 0.5) is 0 Å². The van der Waals surface area contributed by atoms with E-state index in [0.29, 0.717) is 17.4 Å². The Morgan fingerprint density at radius 1 is 1.40 bits per heavy atom. The summed E-state index contributed by atoms with van der Waals surface area (Å²) in [5, 5.41) is 12.6. The van der Waals surface area contributed by atoms with Gasteiger partial charge in [-0.2, -0.15) is 5.26 Å². The van der Waals surface area contributed by atoms with Gasteiger partial charge in [-0.15, -0.1) is 0 Å². The molecule has 2 rings (SSSR count). The zero-order chi connectivity index (χ0) is 14.4. The number of methoxy groups -OCH3 is 1. The molecule has 1 saturated heterocycles. The van der Waals surface area contributed by atoms with Crippen LogP contribution in [-0.2, 0) is 6.54 Å². The molecule has 1 heterocycles. The molecule has 1 aliphatic rings. The fourth-order valence-corrected chi connectivity index (χ4v) is 2.85. The van der Waals surface area contributed by atoms with Crippen LogP contribution in [0.2, 0.25) is 0 Å². The molecule has 1 fully saturated rings. The van der Waals surface area contributed by atoms with Crippen LogP contribution in [0.1, 0.15) is 30.9 Å². The third-order valence-corrected chi connectivity index (χ3v) is 4.00. The monoisotopic (exact) mass is 273 g/mol. The predicted molar refractivity (Wildman–Crippen MR) is 79.7 cm³/mol. The summed E-state index contributed by atoms with van der Waals surface area (Å²) in [5.41, 5.74) is 1.80. The molecule has 0 aliphatic carbocycles. The van der Waals surface area contributed by atoms with Crippen molar-refractivity contribution in [3.63, 3.8) is 0 Å². The van der Waals surface area contributed by atoms with Crippen LogP contribution in [0.3, 0.4) is 0 Å². The fourth-order valence-electron chi connectivity index (χ4n) is 2.85. The number of hydrogen-bond acceptors (Lipinski definition) is 4. The van der Waals surface area contributed by atoms with Crippen LogP contribution in [0.5, 0.6) is 5.75 Å². The minimum Gasteiger partial charge on any atom is -0.495 e. The van der Waals surface area contributed by atoms with Gasteiger partial charge in [0.1, 0.15) is 11.8 Å². The highest BCUT2D eigenvalue weighted by Crippen LogP contribution is 2.21. The van der Waals surface area contributed by atoms with Gasteiger partial charge in [0, 0.05) is 12.6 Å². The number of nitriles is 1. The lowest BCUT2D eigenvalue weighted by atomic mass is 10.0. The molecule has 1 aliphatic heterocycles. The molecule has 1 N–H and O–H groups in total. The Bertz CT molecular complexity index is 475. The average Bonchev–Trinajstić information content (AvgIpc) is 2.53. The normalized spacial score (nSPS) is 16.1. The van der Waals surface area contributed by atoms with Gasteiger partial charge in [0.15, 0.2) is 0 Å². The summed E-state index contributed by atoms with van der Waals surface area (Å²) in [6.45, 7) is 6.36. The Morgan fingerprint density at radius 3 is 2.75 bits per heavy atom. The van der Waals surface area contributed by atoms with Gasteiger partial charge in [0.05, 0.1) is 12.7 Å². The van der Waals surface area contributed by atoms with Crippen LogP contribution in [-0.4, -0.2) is 37.7 Å². The first kappa shape index (κ1) is 14.8. The lowest BCUT2D eigenvalue weighted by Gasteiger charge is -2.34. The molecule has 1 aromatic rings. The van der Waals surface area contributed by atoms with Crippen molar-refractivity contribution in [1.82, 2.24) is 10.2 Å². The van der Waals surface area contributed by atoms with Crippen molar-refractivity contribution < 1.29 is 4.74 Å². The third-order valence-electron chi connectivity index (χ3n) is 4.00. The largest absolute Gasteiger partial charge is 0.495 e. The molecule has 0 radical (unpaired) electrons. The summed E-state index contributed by atoms with van der Waals surface area (Å²) >= 11 is 0. The number of benzene rings is 1. The lowest BCUT2D eigenvalue weighted by molar-refractivity contribution is 0.162. The molecule has 108 valence electrons. The summed E-state index contributed by atoms with van der Waals surface area (Å²) in [4.78, 5) is 2.50. The number of nitrogens with zero attached hydrogens (tertiary/aromatic N) is 2. The predicted octanol–water partition coefficient (Wildman–Crippen LogP) is 2.14. The van der Waals surface area contributed by atoms with Crippen molar-refractivity contribution >= 4 is 0 Å². The van der Waals surface area contributed by atoms with Crippen molar-refractivity contribution in [2.45, 2.75) is 32.4 Å². The van der Waals surface area contributed by atoms with E-state index in [-0.39, 0.29) is 0 Å². The second-order valence-electron chi connectivity index (χ2n) is 5.19. The molecule has 0 saturated carbocycles. The van der Waals surface area contributed by atoms with Gasteiger partial charge in [-0.3, -0.25) is 4.90 Å². The number of piperidine rings is 1. The van der Waals surface area contributed by atoms with Gasteiger partial charge in [0.25, 0.3) is 0 Å². The third kappa shape index (κ3) is 3.50. The van der Waals surface area contributed by atoms with E-state index >= 15 is 0 Å². The van der Waals surface area contributed by atoms with Crippen molar-refractivity contribution in [2.24, 2.45) is 0 Å². The maximum Gasteiger partial charge on any atom is 0.136 e. The standard InChI is InChI=1S/C16H23N3O/c1-3-19(15-6-8-18-9-7-15)12-13-4-5-16(20-2)14(10-13)11-17/h4-5,10,15,18H,3,6-9,12H2,1-2H3. The van der Waals surface area contributed by atoms with Crippen LogP contribution >= 0.6 is 0 Å². The topological polar surface area (TPSA) is 48.3 Å². The van der Waals surface area contributed by atoms with Gasteiger partial charge in [-0.05, 0) is 50.2 Å². The molecule has 0 spiro atoms. The first-order valence-electron chi connectivity index (χ1n) is 7.30. The molecule has 1 aromatic carbocycles. The van der Waals surface area contributed by atoms with Crippen molar-refractivity contribution in [3.05, 3.63) is 29.3 Å². The highest BCUT2D eigenvalue weighted by Gasteiger charge is 2.19. The molecular formula is C16H23N3O. The summed E-state index contributed by atoms with van der Waals surface area (Å²) in [6.07, 6.45) is 2.41. The summed E-state index contributed by atoms with van der Waals surface area (Å²) < 4.78 is 5.19. The van der Waals surface area contributed by atoms with E-state index in [1.54, 1.807) is 7.11 Å². The van der Waals surface area contributed by atoms with Gasteiger partial charge in [-0.1, -0.05) is 13.0 Å². The Balaban J connectivity index is 2.09. The highest BCUT2D eigenvalue weighted by molar-refractivity contribution is 5.45. The number of ether oxygens (including phenoxy) is 1. The van der Waals surface area contributed by atoms with Crippen molar-refractivity contribution in [3.8, 4) is 11.8 Å². The second-order valence-corrected chi connectivity index (χ2v) is 5.19. The zero-order valence-electron chi connectivity index (χ0n) is 12.4. The van der Waals surface area contributed by atoms with Crippen molar-refractivity contribution in [1.29, 1.82) is 5.26 Å². The van der Waals surface area contributed by atoms with Crippen LogP contribution < -0.4 is 10.1 Å². The first-order chi connectivity index (χ1) is 9.78. The lowest BCUT2D eigenvalue weighted by Crippen LogP contribution is -2.42. The molecule has 4 nitrogen and oxygen atoms in total.